The van der Waals surface area contributed by atoms with Gasteiger partial charge < -0.3 is 29.5 Å². The molecule has 8 rings (SSSR count). The van der Waals surface area contributed by atoms with Gasteiger partial charge in [0.2, 0.25) is 0 Å². The second-order valence-electron chi connectivity index (χ2n) is 17.6. The van der Waals surface area contributed by atoms with Crippen LogP contribution in [0.1, 0.15) is 85.2 Å². The Hall–Kier alpha value is -6.51. The van der Waals surface area contributed by atoms with E-state index in [2.05, 4.69) is 29.4 Å². The molecule has 2 saturated heterocycles. The molecule has 0 saturated carbocycles. The zero-order valence-corrected chi connectivity index (χ0v) is 39.4. The molecular weight excluding hydrogens is 940 g/mol. The summed E-state index contributed by atoms with van der Waals surface area (Å²) in [6.45, 7) is 5.30. The summed E-state index contributed by atoms with van der Waals surface area (Å²) in [5, 5.41) is 39.0. The summed E-state index contributed by atoms with van der Waals surface area (Å²) >= 11 is 0. The number of ether oxygens (including phenoxy) is 2. The van der Waals surface area contributed by atoms with Crippen LogP contribution in [0.4, 0.5) is 17.6 Å². The van der Waals surface area contributed by atoms with Gasteiger partial charge in [0.1, 0.15) is 23.7 Å². The van der Waals surface area contributed by atoms with Crippen LogP contribution < -0.4 is 9.47 Å². The standard InChI is InChI=1S/C48H51F4N8O9P/c1-31-19-21-37(29-57(31)43(61)39-15-5-7-17-41(39)59-53-23-24-54-59)66-35-13-9-11-33(27-35)45(3,63)47(49,50)68-70(65)69-48(51,52)46(4,64)34-12-10-14-36(28-34)67-38-22-20-32(2)58(30-38)44(62)40-16-6-8-18-42(40)60-55-25-26-56-60/h5-18,23-28,31-32,37-38,63-64,70H,19-22,29-30H2,1-4H3/t31-,32-,37-,38-,45?,46?/m1/s1. The first kappa shape index (κ1) is 49.9. The van der Waals surface area contributed by atoms with Gasteiger partial charge in [-0.1, -0.05) is 48.5 Å². The van der Waals surface area contributed by atoms with Gasteiger partial charge >= 0.3 is 20.5 Å². The number of alkyl halides is 4. The molecular formula is C48H51F4N8O9P. The maximum Gasteiger partial charge on any atom is 0.394 e. The number of amides is 2. The molecule has 2 amide bonds. The smallest absolute Gasteiger partial charge is 0.394 e. The lowest BCUT2D eigenvalue weighted by Crippen LogP contribution is -2.49. The second-order valence-corrected chi connectivity index (χ2v) is 18.5. The van der Waals surface area contributed by atoms with Crippen LogP contribution in [0.3, 0.4) is 0 Å². The first-order chi connectivity index (χ1) is 33.3. The molecule has 2 aromatic heterocycles. The molecule has 2 aliphatic rings. The highest BCUT2D eigenvalue weighted by Crippen LogP contribution is 2.51. The lowest BCUT2D eigenvalue weighted by atomic mass is 9.94. The van der Waals surface area contributed by atoms with Crippen LogP contribution >= 0.6 is 8.25 Å². The molecule has 2 fully saturated rings. The average Bonchev–Trinajstić information content (AvgIpc) is 4.09. The summed E-state index contributed by atoms with van der Waals surface area (Å²) in [7, 11) is -4.89. The number of benzene rings is 4. The number of piperidine rings is 2. The Balaban J connectivity index is 0.893. The molecule has 0 radical (unpaired) electrons. The fourth-order valence-corrected chi connectivity index (χ4v) is 9.31. The molecule has 4 heterocycles. The number of rotatable bonds is 16. The van der Waals surface area contributed by atoms with Crippen LogP contribution in [-0.2, 0) is 24.8 Å². The van der Waals surface area contributed by atoms with Crippen molar-refractivity contribution in [3.63, 3.8) is 0 Å². The molecule has 2 unspecified atom stereocenters. The molecule has 4 aromatic carbocycles. The van der Waals surface area contributed by atoms with Gasteiger partial charge in [-0.15, -0.1) is 0 Å². The summed E-state index contributed by atoms with van der Waals surface area (Å²) in [5.74, 6) is -0.531. The number of aliphatic hydroxyl groups is 2. The topological polar surface area (TPSA) is 196 Å². The number of halogens is 4. The van der Waals surface area contributed by atoms with E-state index in [0.29, 0.717) is 62.0 Å². The van der Waals surface area contributed by atoms with Crippen LogP contribution in [0.5, 0.6) is 11.5 Å². The van der Waals surface area contributed by atoms with Crippen molar-refractivity contribution in [2.45, 2.75) is 101 Å². The molecule has 2 N–H and O–H groups in total. The summed E-state index contributed by atoms with van der Waals surface area (Å²) in [6.07, 6.45) is -2.79. The predicted molar refractivity (Wildman–Crippen MR) is 244 cm³/mol. The highest BCUT2D eigenvalue weighted by molar-refractivity contribution is 7.33. The number of nitrogens with zero attached hydrogens (tertiary/aromatic N) is 8. The van der Waals surface area contributed by atoms with Crippen molar-refractivity contribution < 1.29 is 60.5 Å². The molecule has 6 atom stereocenters. The number of hydrogen-bond donors (Lipinski definition) is 2. The zero-order valence-electron chi connectivity index (χ0n) is 38.4. The van der Waals surface area contributed by atoms with Gasteiger partial charge in [-0.2, -0.15) is 47.5 Å². The summed E-state index contributed by atoms with van der Waals surface area (Å²) in [6, 6.07) is 23.3. The third kappa shape index (κ3) is 10.3. The van der Waals surface area contributed by atoms with Crippen molar-refractivity contribution in [1.82, 2.24) is 39.8 Å². The minimum absolute atomic E-state index is 0.0354. The van der Waals surface area contributed by atoms with E-state index in [1.54, 1.807) is 58.3 Å². The molecule has 6 aromatic rings. The minimum Gasteiger partial charge on any atom is -0.489 e. The highest BCUT2D eigenvalue weighted by atomic mass is 31.1. The number of carbonyl (C=O) groups is 2. The Morgan fingerprint density at radius 2 is 0.957 bits per heavy atom. The third-order valence-electron chi connectivity index (χ3n) is 12.7. The maximum absolute atomic E-state index is 15.8. The molecule has 0 aliphatic carbocycles. The molecule has 2 aliphatic heterocycles. The van der Waals surface area contributed by atoms with Crippen molar-refractivity contribution in [3.8, 4) is 22.9 Å². The summed E-state index contributed by atoms with van der Waals surface area (Å²) in [4.78, 5) is 33.7. The number of para-hydroxylation sites is 2. The Morgan fingerprint density at radius 3 is 1.34 bits per heavy atom. The van der Waals surface area contributed by atoms with E-state index in [1.165, 1.54) is 58.6 Å². The Labute approximate surface area is 400 Å². The Bertz CT molecular complexity index is 2630. The third-order valence-corrected chi connectivity index (χ3v) is 13.5. The van der Waals surface area contributed by atoms with Crippen LogP contribution in [-0.4, -0.2) is 111 Å². The van der Waals surface area contributed by atoms with Gasteiger partial charge in [0.25, 0.3) is 11.8 Å². The molecule has 0 bridgehead atoms. The zero-order chi connectivity index (χ0) is 50.0. The number of likely N-dealkylation sites (tertiary alicyclic amines) is 2. The van der Waals surface area contributed by atoms with Crippen molar-refractivity contribution in [2.24, 2.45) is 0 Å². The first-order valence-electron chi connectivity index (χ1n) is 22.5. The van der Waals surface area contributed by atoms with E-state index in [0.717, 1.165) is 24.3 Å². The fraction of sp³-hybridized carbons (Fsp3) is 0.375. The summed E-state index contributed by atoms with van der Waals surface area (Å²) < 4.78 is 96.8. The molecule has 22 heteroatoms. The van der Waals surface area contributed by atoms with Crippen molar-refractivity contribution >= 4 is 20.1 Å². The van der Waals surface area contributed by atoms with Gasteiger partial charge in [0.05, 0.1) is 60.4 Å². The molecule has 70 heavy (non-hydrogen) atoms. The minimum atomic E-state index is -4.89. The van der Waals surface area contributed by atoms with Crippen LogP contribution in [0.25, 0.3) is 11.4 Å². The highest BCUT2D eigenvalue weighted by Gasteiger charge is 2.57. The largest absolute Gasteiger partial charge is 0.489 e. The SMILES string of the molecule is C[C@@H]1CC[C@@H](Oc2cccc(C(C)(O)C(F)(F)O[PH](=O)OC(F)(F)C(C)(O)c3cccc(O[C@@H]4CC[C@@H](C)N(C(=O)c5ccccc5-n5nccn5)C4)c3)c2)CN1C(=O)c1ccccc1-n1nccn1. The lowest BCUT2D eigenvalue weighted by Gasteiger charge is -2.38. The number of aromatic nitrogens is 6. The average molecular weight is 991 g/mol. The van der Waals surface area contributed by atoms with Gasteiger partial charge in [-0.25, -0.2) is 9.05 Å². The van der Waals surface area contributed by atoms with Crippen LogP contribution in [0, 0.1) is 0 Å². The van der Waals surface area contributed by atoms with Crippen molar-refractivity contribution in [1.29, 1.82) is 0 Å². The van der Waals surface area contributed by atoms with Gasteiger partial charge in [0, 0.05) is 12.1 Å². The van der Waals surface area contributed by atoms with E-state index in [9.17, 15) is 24.4 Å². The van der Waals surface area contributed by atoms with Crippen molar-refractivity contribution in [2.75, 3.05) is 13.1 Å². The van der Waals surface area contributed by atoms with Gasteiger partial charge in [-0.05, 0) is 113 Å². The number of carbonyl (C=O) groups excluding carboxylic acids is 2. The quantitative estimate of drug-likeness (QED) is 0.0707. The molecule has 17 nitrogen and oxygen atoms in total. The van der Waals surface area contributed by atoms with E-state index in [4.69, 9.17) is 9.47 Å². The van der Waals surface area contributed by atoms with Crippen molar-refractivity contribution in [3.05, 3.63) is 144 Å². The van der Waals surface area contributed by atoms with Gasteiger partial charge in [0.15, 0.2) is 11.2 Å². The normalized spacial score (nSPS) is 21.1. The summed E-state index contributed by atoms with van der Waals surface area (Å²) in [5.41, 5.74) is -5.90. The second kappa shape index (κ2) is 20.1. The van der Waals surface area contributed by atoms with E-state index in [1.807, 2.05) is 13.8 Å². The molecule has 0 spiro atoms. The van der Waals surface area contributed by atoms with E-state index >= 15 is 17.6 Å². The molecule has 370 valence electrons. The van der Waals surface area contributed by atoms with Crippen LogP contribution in [0.2, 0.25) is 0 Å². The fourth-order valence-electron chi connectivity index (χ4n) is 8.45. The number of hydrogen-bond acceptors (Lipinski definition) is 13. The van der Waals surface area contributed by atoms with Crippen LogP contribution in [0.15, 0.2) is 122 Å². The maximum atomic E-state index is 15.8. The van der Waals surface area contributed by atoms with Gasteiger partial charge in [-0.3, -0.25) is 14.2 Å². The predicted octanol–water partition coefficient (Wildman–Crippen LogP) is 7.72. The monoisotopic (exact) mass is 990 g/mol. The van der Waals surface area contributed by atoms with E-state index < -0.39 is 55.0 Å². The Kier molecular flexibility index (Phi) is 14.3. The Morgan fingerprint density at radius 1 is 0.586 bits per heavy atom. The van der Waals surface area contributed by atoms with E-state index in [-0.39, 0.29) is 48.5 Å². The first-order valence-corrected chi connectivity index (χ1v) is 23.7. The lowest BCUT2D eigenvalue weighted by molar-refractivity contribution is -0.313.